The predicted octanol–water partition coefficient (Wildman–Crippen LogP) is 5.07. The number of rotatable bonds is 5. The van der Waals surface area contributed by atoms with Gasteiger partial charge in [0.15, 0.2) is 0 Å². The lowest BCUT2D eigenvalue weighted by molar-refractivity contribution is -0.133. The molecule has 31 heavy (non-hydrogen) atoms. The Labute approximate surface area is 183 Å². The molecule has 1 aromatic heterocycles. The summed E-state index contributed by atoms with van der Waals surface area (Å²) < 4.78 is 15.7. The summed E-state index contributed by atoms with van der Waals surface area (Å²) in [5.41, 5.74) is 7.78. The van der Waals surface area contributed by atoms with Crippen LogP contribution in [-0.2, 0) is 24.2 Å². The van der Waals surface area contributed by atoms with Crippen LogP contribution in [0.5, 0.6) is 0 Å². The Balaban J connectivity index is 1.44. The Kier molecular flexibility index (Phi) is 5.94. The lowest BCUT2D eigenvalue weighted by Crippen LogP contribution is -2.39. The number of hydrogen-bond donors (Lipinski definition) is 0. The normalized spacial score (nSPS) is 15.8. The van der Waals surface area contributed by atoms with Crippen LogP contribution in [0.15, 0.2) is 42.5 Å². The number of carbonyl (C=O) groups excluding carboxylic acids is 1. The van der Waals surface area contributed by atoms with Crippen LogP contribution in [0.4, 0.5) is 4.39 Å². The first kappa shape index (κ1) is 21.3. The van der Waals surface area contributed by atoms with Gasteiger partial charge < -0.3 is 4.90 Å². The molecule has 2 aromatic carbocycles. The Morgan fingerprint density at radius 1 is 1.13 bits per heavy atom. The van der Waals surface area contributed by atoms with E-state index in [2.05, 4.69) is 38.1 Å². The lowest BCUT2D eigenvalue weighted by atomic mass is 9.93. The van der Waals surface area contributed by atoms with Gasteiger partial charge in [0.05, 0.1) is 18.3 Å². The van der Waals surface area contributed by atoms with Crippen LogP contribution in [0.1, 0.15) is 58.6 Å². The van der Waals surface area contributed by atoms with Gasteiger partial charge >= 0.3 is 0 Å². The minimum absolute atomic E-state index is 0.0987. The standard InChI is InChI=1S/C26H30FN3O/c1-17-5-7-21(8-6-17)16-30-20(4)24(18(2)28-30)11-12-26(31)29-14-13-22-9-10-23(27)15-25(22)19(29)3/h5-10,15,19H,11-14,16H2,1-4H3. The second-order valence-corrected chi connectivity index (χ2v) is 8.65. The Hall–Kier alpha value is -2.95. The summed E-state index contributed by atoms with van der Waals surface area (Å²) in [6.07, 6.45) is 1.88. The number of benzene rings is 2. The fraction of sp³-hybridized carbons (Fsp3) is 0.385. The van der Waals surface area contributed by atoms with Gasteiger partial charge in [-0.05, 0) is 74.9 Å². The van der Waals surface area contributed by atoms with E-state index >= 15 is 0 Å². The minimum Gasteiger partial charge on any atom is -0.336 e. The number of amides is 1. The highest BCUT2D eigenvalue weighted by Gasteiger charge is 2.28. The number of aryl methyl sites for hydroxylation is 2. The van der Waals surface area contributed by atoms with Crippen LogP contribution in [0.25, 0.3) is 0 Å². The zero-order chi connectivity index (χ0) is 22.1. The molecule has 4 nitrogen and oxygen atoms in total. The molecule has 2 heterocycles. The minimum atomic E-state index is -0.243. The van der Waals surface area contributed by atoms with Gasteiger partial charge in [-0.3, -0.25) is 9.48 Å². The van der Waals surface area contributed by atoms with Crippen molar-refractivity contribution in [2.45, 2.75) is 59.5 Å². The molecule has 1 atom stereocenters. The van der Waals surface area contributed by atoms with Crippen molar-refractivity contribution < 1.29 is 9.18 Å². The van der Waals surface area contributed by atoms with Crippen molar-refractivity contribution in [3.8, 4) is 0 Å². The SMILES string of the molecule is Cc1ccc(Cn2nc(C)c(CCC(=O)N3CCc4ccc(F)cc4C3C)c2C)cc1. The van der Waals surface area contributed by atoms with Gasteiger partial charge in [0.25, 0.3) is 0 Å². The van der Waals surface area contributed by atoms with E-state index in [1.807, 2.05) is 29.5 Å². The van der Waals surface area contributed by atoms with Gasteiger partial charge in [0.2, 0.25) is 5.91 Å². The number of fused-ring (bicyclic) bond motifs is 1. The van der Waals surface area contributed by atoms with Crippen LogP contribution < -0.4 is 0 Å². The van der Waals surface area contributed by atoms with E-state index < -0.39 is 0 Å². The summed E-state index contributed by atoms with van der Waals surface area (Å²) in [5, 5.41) is 4.72. The van der Waals surface area contributed by atoms with Crippen molar-refractivity contribution in [1.29, 1.82) is 0 Å². The molecule has 1 unspecified atom stereocenters. The van der Waals surface area contributed by atoms with Crippen LogP contribution in [0, 0.1) is 26.6 Å². The Morgan fingerprint density at radius 2 is 1.87 bits per heavy atom. The third kappa shape index (κ3) is 4.41. The van der Waals surface area contributed by atoms with Crippen LogP contribution in [-0.4, -0.2) is 27.1 Å². The average Bonchev–Trinajstić information content (AvgIpc) is 3.01. The number of nitrogens with zero attached hydrogens (tertiary/aromatic N) is 3. The van der Waals surface area contributed by atoms with Crippen molar-refractivity contribution in [3.05, 3.63) is 87.5 Å². The summed E-state index contributed by atoms with van der Waals surface area (Å²) in [6, 6.07) is 13.3. The molecule has 1 aliphatic rings. The van der Waals surface area contributed by atoms with Crippen molar-refractivity contribution in [3.63, 3.8) is 0 Å². The van der Waals surface area contributed by atoms with Gasteiger partial charge in [-0.25, -0.2) is 4.39 Å². The molecule has 0 radical (unpaired) electrons. The number of halogens is 1. The topological polar surface area (TPSA) is 38.1 Å². The van der Waals surface area contributed by atoms with Crippen molar-refractivity contribution in [2.75, 3.05) is 6.54 Å². The monoisotopic (exact) mass is 419 g/mol. The van der Waals surface area contributed by atoms with Crippen LogP contribution >= 0.6 is 0 Å². The summed E-state index contributed by atoms with van der Waals surface area (Å²) in [4.78, 5) is 14.9. The molecule has 0 bridgehead atoms. The summed E-state index contributed by atoms with van der Waals surface area (Å²) in [5.74, 6) is -0.125. The second kappa shape index (κ2) is 8.66. The van der Waals surface area contributed by atoms with E-state index in [0.29, 0.717) is 19.4 Å². The average molecular weight is 420 g/mol. The molecule has 3 aromatic rings. The molecule has 0 N–H and O–H groups in total. The van der Waals surface area contributed by atoms with Crippen molar-refractivity contribution in [1.82, 2.24) is 14.7 Å². The molecule has 0 saturated carbocycles. The van der Waals surface area contributed by atoms with E-state index in [1.165, 1.54) is 17.2 Å². The second-order valence-electron chi connectivity index (χ2n) is 8.65. The number of aromatic nitrogens is 2. The van der Waals surface area contributed by atoms with Crippen LogP contribution in [0.3, 0.4) is 0 Å². The fourth-order valence-electron chi connectivity index (χ4n) is 4.62. The van der Waals surface area contributed by atoms with E-state index in [-0.39, 0.29) is 17.8 Å². The molecule has 0 spiro atoms. The molecule has 0 saturated heterocycles. The van der Waals surface area contributed by atoms with E-state index in [1.54, 1.807) is 6.07 Å². The number of carbonyl (C=O) groups is 1. The molecule has 4 rings (SSSR count). The largest absolute Gasteiger partial charge is 0.336 e. The van der Waals surface area contributed by atoms with Crippen molar-refractivity contribution >= 4 is 5.91 Å². The molecule has 5 heteroatoms. The highest BCUT2D eigenvalue weighted by Crippen LogP contribution is 2.30. The lowest BCUT2D eigenvalue weighted by Gasteiger charge is -2.35. The zero-order valence-corrected chi connectivity index (χ0v) is 18.8. The summed E-state index contributed by atoms with van der Waals surface area (Å²) >= 11 is 0. The maximum Gasteiger partial charge on any atom is 0.223 e. The molecular formula is C26H30FN3O. The first-order valence-corrected chi connectivity index (χ1v) is 11.0. The first-order valence-electron chi connectivity index (χ1n) is 11.0. The molecule has 0 fully saturated rings. The van der Waals surface area contributed by atoms with E-state index in [0.717, 1.165) is 41.0 Å². The van der Waals surface area contributed by atoms with E-state index in [9.17, 15) is 9.18 Å². The van der Waals surface area contributed by atoms with Gasteiger partial charge in [-0.15, -0.1) is 0 Å². The summed E-state index contributed by atoms with van der Waals surface area (Å²) in [7, 11) is 0. The van der Waals surface area contributed by atoms with E-state index in [4.69, 9.17) is 5.10 Å². The molecule has 0 aliphatic carbocycles. The molecule has 1 amide bonds. The van der Waals surface area contributed by atoms with Gasteiger partial charge in [0, 0.05) is 18.7 Å². The van der Waals surface area contributed by atoms with Crippen molar-refractivity contribution in [2.24, 2.45) is 0 Å². The first-order chi connectivity index (χ1) is 14.8. The van der Waals surface area contributed by atoms with Gasteiger partial charge in [-0.2, -0.15) is 5.10 Å². The van der Waals surface area contributed by atoms with Gasteiger partial charge in [0.1, 0.15) is 5.82 Å². The molecule has 162 valence electrons. The Bertz CT molecular complexity index is 1100. The smallest absolute Gasteiger partial charge is 0.223 e. The fourth-order valence-corrected chi connectivity index (χ4v) is 4.62. The zero-order valence-electron chi connectivity index (χ0n) is 18.8. The maximum absolute atomic E-state index is 13.7. The number of hydrogen-bond acceptors (Lipinski definition) is 2. The van der Waals surface area contributed by atoms with Crippen LogP contribution in [0.2, 0.25) is 0 Å². The third-order valence-corrected chi connectivity index (χ3v) is 6.54. The quantitative estimate of drug-likeness (QED) is 0.579. The highest BCUT2D eigenvalue weighted by atomic mass is 19.1. The predicted molar refractivity (Wildman–Crippen MR) is 121 cm³/mol. The molecule has 1 aliphatic heterocycles. The highest BCUT2D eigenvalue weighted by molar-refractivity contribution is 5.77. The Morgan fingerprint density at radius 3 is 2.61 bits per heavy atom. The third-order valence-electron chi connectivity index (χ3n) is 6.54. The molecular weight excluding hydrogens is 389 g/mol. The maximum atomic E-state index is 13.7. The summed E-state index contributed by atoms with van der Waals surface area (Å²) in [6.45, 7) is 9.58. The van der Waals surface area contributed by atoms with Gasteiger partial charge in [-0.1, -0.05) is 35.9 Å².